The fourth-order valence-corrected chi connectivity index (χ4v) is 5.26. The first kappa shape index (κ1) is 20.0. The molecular formula is C17H31N3O5S. The lowest BCUT2D eigenvalue weighted by Crippen LogP contribution is -2.52. The molecule has 1 amide bonds. The molecule has 2 saturated heterocycles. The van der Waals surface area contributed by atoms with Gasteiger partial charge in [0.2, 0.25) is 15.9 Å². The van der Waals surface area contributed by atoms with Gasteiger partial charge in [-0.05, 0) is 44.9 Å². The number of primary sulfonamides is 1. The second-order valence-corrected chi connectivity index (χ2v) is 9.70. The highest BCUT2D eigenvalue weighted by molar-refractivity contribution is 7.89. The normalized spacial score (nSPS) is 32.5. The molecule has 3 rings (SSSR count). The number of rotatable bonds is 4. The molecule has 150 valence electrons. The number of likely N-dealkylation sites (tertiary alicyclic amines) is 1. The van der Waals surface area contributed by atoms with E-state index in [0.29, 0.717) is 38.4 Å². The van der Waals surface area contributed by atoms with Gasteiger partial charge in [0.05, 0.1) is 11.4 Å². The summed E-state index contributed by atoms with van der Waals surface area (Å²) in [6, 6.07) is 0.420. The van der Waals surface area contributed by atoms with E-state index >= 15 is 0 Å². The van der Waals surface area contributed by atoms with E-state index in [2.05, 4.69) is 5.32 Å². The van der Waals surface area contributed by atoms with Crippen LogP contribution in [-0.4, -0.2) is 74.1 Å². The molecule has 0 unspecified atom stereocenters. The molecule has 4 N–H and O–H groups in total. The van der Waals surface area contributed by atoms with Crippen molar-refractivity contribution in [3.05, 3.63) is 0 Å². The molecule has 8 nitrogen and oxygen atoms in total. The average Bonchev–Trinajstić information content (AvgIpc) is 2.63. The Labute approximate surface area is 155 Å². The second-order valence-electron chi connectivity index (χ2n) is 7.85. The van der Waals surface area contributed by atoms with Crippen LogP contribution in [-0.2, 0) is 19.6 Å². The van der Waals surface area contributed by atoms with Gasteiger partial charge in [-0.3, -0.25) is 4.79 Å². The van der Waals surface area contributed by atoms with Gasteiger partial charge < -0.3 is 20.1 Å². The predicted octanol–water partition coefficient (Wildman–Crippen LogP) is -0.436. The third-order valence-corrected chi connectivity index (χ3v) is 7.46. The Kier molecular flexibility index (Phi) is 6.55. The Balaban J connectivity index is 1.47. The van der Waals surface area contributed by atoms with E-state index in [-0.39, 0.29) is 17.9 Å². The lowest BCUT2D eigenvalue weighted by atomic mass is 9.82. The van der Waals surface area contributed by atoms with Gasteiger partial charge >= 0.3 is 0 Å². The summed E-state index contributed by atoms with van der Waals surface area (Å²) in [5.74, 6) is -0.134. The minimum Gasteiger partial charge on any atom is -0.391 e. The van der Waals surface area contributed by atoms with Crippen LogP contribution in [0.2, 0.25) is 0 Å². The number of carbonyl (C=O) groups excluding carboxylic acids is 1. The second kappa shape index (κ2) is 8.52. The molecule has 0 aromatic rings. The summed E-state index contributed by atoms with van der Waals surface area (Å²) in [5.41, 5.74) is 0. The van der Waals surface area contributed by atoms with Crippen LogP contribution >= 0.6 is 0 Å². The number of sulfonamides is 1. The summed E-state index contributed by atoms with van der Waals surface area (Å²) >= 11 is 0. The maximum absolute atomic E-state index is 12.7. The van der Waals surface area contributed by atoms with Crippen molar-refractivity contribution < 1.29 is 23.1 Å². The first-order valence-electron chi connectivity index (χ1n) is 9.67. The number of hydrogen-bond acceptors (Lipinski definition) is 6. The minimum absolute atomic E-state index is 0.0373. The quantitative estimate of drug-likeness (QED) is 0.599. The number of aliphatic hydroxyl groups is 1. The topological polar surface area (TPSA) is 122 Å². The first-order chi connectivity index (χ1) is 12.3. The Morgan fingerprint density at radius 1 is 1.08 bits per heavy atom. The fraction of sp³-hybridized carbons (Fsp3) is 0.941. The van der Waals surface area contributed by atoms with Crippen molar-refractivity contribution >= 4 is 15.9 Å². The van der Waals surface area contributed by atoms with E-state index in [1.807, 2.05) is 0 Å². The van der Waals surface area contributed by atoms with Gasteiger partial charge in [0.15, 0.2) is 0 Å². The number of nitrogens with one attached hydrogen (secondary N) is 1. The Bertz CT molecular complexity index is 585. The molecule has 0 bridgehead atoms. The van der Waals surface area contributed by atoms with E-state index < -0.39 is 21.4 Å². The van der Waals surface area contributed by atoms with Crippen LogP contribution in [0.15, 0.2) is 0 Å². The Morgan fingerprint density at radius 2 is 1.73 bits per heavy atom. The lowest BCUT2D eigenvalue weighted by Gasteiger charge is -2.39. The van der Waals surface area contributed by atoms with Gasteiger partial charge in [0.25, 0.3) is 0 Å². The van der Waals surface area contributed by atoms with E-state index in [4.69, 9.17) is 9.88 Å². The zero-order valence-corrected chi connectivity index (χ0v) is 16.0. The van der Waals surface area contributed by atoms with Crippen LogP contribution < -0.4 is 10.5 Å². The van der Waals surface area contributed by atoms with Crippen LogP contribution in [0.25, 0.3) is 0 Å². The molecule has 2 heterocycles. The van der Waals surface area contributed by atoms with Gasteiger partial charge in [0.1, 0.15) is 0 Å². The average molecular weight is 390 g/mol. The lowest BCUT2D eigenvalue weighted by molar-refractivity contribution is -0.139. The molecule has 0 aromatic carbocycles. The Morgan fingerprint density at radius 3 is 2.31 bits per heavy atom. The van der Waals surface area contributed by atoms with E-state index in [9.17, 15) is 18.3 Å². The van der Waals surface area contributed by atoms with Crippen molar-refractivity contribution in [2.24, 2.45) is 11.1 Å². The van der Waals surface area contributed by atoms with Gasteiger partial charge in [0, 0.05) is 44.3 Å². The molecule has 2 aliphatic heterocycles. The highest BCUT2D eigenvalue weighted by atomic mass is 32.2. The van der Waals surface area contributed by atoms with Crippen molar-refractivity contribution in [2.45, 2.75) is 68.4 Å². The van der Waals surface area contributed by atoms with Gasteiger partial charge in [-0.25, -0.2) is 13.6 Å². The maximum Gasteiger partial charge on any atom is 0.225 e. The molecule has 26 heavy (non-hydrogen) atoms. The third kappa shape index (κ3) is 4.95. The third-order valence-electron chi connectivity index (χ3n) is 6.06. The molecule has 0 spiro atoms. The summed E-state index contributed by atoms with van der Waals surface area (Å²) in [6.07, 6.45) is 4.20. The number of nitrogens with two attached hydrogens (primary N) is 1. The molecule has 9 heteroatoms. The number of piperidine rings is 1. The highest BCUT2D eigenvalue weighted by Crippen LogP contribution is 2.29. The number of nitrogens with zero attached hydrogens (tertiary/aromatic N) is 1. The predicted molar refractivity (Wildman–Crippen MR) is 96.8 cm³/mol. The summed E-state index contributed by atoms with van der Waals surface area (Å²) in [6.45, 7) is 2.37. The SMILES string of the molecule is NS(=O)(=O)C1CCN(C(=O)[C@H]2CC[C@H](NC3CCOCC3)[C@@H](O)C2)CC1. The Hall–Kier alpha value is -0.740. The summed E-state index contributed by atoms with van der Waals surface area (Å²) in [4.78, 5) is 14.5. The van der Waals surface area contributed by atoms with Crippen LogP contribution in [0.4, 0.5) is 0 Å². The molecule has 3 fully saturated rings. The van der Waals surface area contributed by atoms with Crippen molar-refractivity contribution in [2.75, 3.05) is 26.3 Å². The smallest absolute Gasteiger partial charge is 0.225 e. The van der Waals surface area contributed by atoms with E-state index in [0.717, 1.165) is 38.9 Å². The minimum atomic E-state index is -3.53. The first-order valence-corrected chi connectivity index (χ1v) is 11.3. The maximum atomic E-state index is 12.7. The molecule has 3 atom stereocenters. The number of hydrogen-bond donors (Lipinski definition) is 3. The molecule has 1 aliphatic carbocycles. The molecule has 0 radical (unpaired) electrons. The van der Waals surface area contributed by atoms with Gasteiger partial charge in [-0.1, -0.05) is 0 Å². The number of carbonyl (C=O) groups is 1. The zero-order chi connectivity index (χ0) is 18.7. The standard InChI is InChI=1S/C17H31N3O5S/c18-26(23,24)14-3-7-20(8-4-14)17(22)12-1-2-15(16(21)11-12)19-13-5-9-25-10-6-13/h12-16,19,21H,1-11H2,(H2,18,23,24)/t12-,15-,16-/m0/s1. The zero-order valence-electron chi connectivity index (χ0n) is 15.2. The van der Waals surface area contributed by atoms with Gasteiger partial charge in [-0.2, -0.15) is 0 Å². The van der Waals surface area contributed by atoms with E-state index in [1.165, 1.54) is 0 Å². The van der Waals surface area contributed by atoms with Gasteiger partial charge in [-0.15, -0.1) is 0 Å². The molecule has 0 aromatic heterocycles. The van der Waals surface area contributed by atoms with Crippen molar-refractivity contribution in [1.29, 1.82) is 0 Å². The van der Waals surface area contributed by atoms with E-state index in [1.54, 1.807) is 4.90 Å². The van der Waals surface area contributed by atoms with Crippen molar-refractivity contribution in [3.63, 3.8) is 0 Å². The molecule has 1 saturated carbocycles. The van der Waals surface area contributed by atoms with Crippen LogP contribution in [0.3, 0.4) is 0 Å². The van der Waals surface area contributed by atoms with Crippen LogP contribution in [0.5, 0.6) is 0 Å². The summed E-state index contributed by atoms with van der Waals surface area (Å²) < 4.78 is 28.2. The summed E-state index contributed by atoms with van der Waals surface area (Å²) in [7, 11) is -3.53. The number of amides is 1. The van der Waals surface area contributed by atoms with Crippen LogP contribution in [0, 0.1) is 5.92 Å². The largest absolute Gasteiger partial charge is 0.391 e. The highest BCUT2D eigenvalue weighted by Gasteiger charge is 2.37. The molecule has 3 aliphatic rings. The summed E-state index contributed by atoms with van der Waals surface area (Å²) in [5, 5.41) is 18.7. The fourth-order valence-electron chi connectivity index (χ4n) is 4.40. The van der Waals surface area contributed by atoms with Crippen molar-refractivity contribution in [1.82, 2.24) is 10.2 Å². The van der Waals surface area contributed by atoms with Crippen LogP contribution in [0.1, 0.15) is 44.9 Å². The number of ether oxygens (including phenoxy) is 1. The van der Waals surface area contributed by atoms with Crippen molar-refractivity contribution in [3.8, 4) is 0 Å². The number of aliphatic hydroxyl groups excluding tert-OH is 1. The molecular weight excluding hydrogens is 358 g/mol. The monoisotopic (exact) mass is 389 g/mol.